The maximum absolute atomic E-state index is 13.0. The molecule has 0 saturated heterocycles. The number of rotatable bonds is 7. The van der Waals surface area contributed by atoms with E-state index in [2.05, 4.69) is 24.1 Å². The second-order valence-corrected chi connectivity index (χ2v) is 7.49. The van der Waals surface area contributed by atoms with E-state index in [0.717, 1.165) is 36.4 Å². The van der Waals surface area contributed by atoms with E-state index in [-0.39, 0.29) is 5.91 Å². The predicted molar refractivity (Wildman–Crippen MR) is 110 cm³/mol. The lowest BCUT2D eigenvalue weighted by molar-refractivity contribution is 0.0728. The summed E-state index contributed by atoms with van der Waals surface area (Å²) in [7, 11) is 3.26. The molecule has 6 nitrogen and oxygen atoms in total. The van der Waals surface area contributed by atoms with Crippen LogP contribution in [0.15, 0.2) is 30.5 Å². The van der Waals surface area contributed by atoms with Crippen LogP contribution in [0, 0.1) is 5.92 Å². The van der Waals surface area contributed by atoms with Crippen molar-refractivity contribution in [1.29, 1.82) is 0 Å². The smallest absolute Gasteiger partial charge is 0.272 e. The van der Waals surface area contributed by atoms with Gasteiger partial charge in [-0.3, -0.25) is 9.78 Å². The molecule has 0 unspecified atom stereocenters. The monoisotopic (exact) mass is 383 g/mol. The molecule has 1 aromatic carbocycles. The van der Waals surface area contributed by atoms with E-state index in [1.165, 1.54) is 5.56 Å². The number of amides is 1. The molecular weight excluding hydrogens is 354 g/mol. The number of aromatic nitrogens is 1. The molecule has 1 aliphatic rings. The highest BCUT2D eigenvalue weighted by molar-refractivity contribution is 5.93. The summed E-state index contributed by atoms with van der Waals surface area (Å²) in [5.41, 5.74) is 3.68. The second-order valence-electron chi connectivity index (χ2n) is 7.49. The molecule has 2 heterocycles. The van der Waals surface area contributed by atoms with Crippen LogP contribution in [0.3, 0.4) is 0 Å². The fraction of sp³-hybridized carbons (Fsp3) is 0.455. The van der Waals surface area contributed by atoms with Gasteiger partial charge < -0.3 is 19.7 Å². The van der Waals surface area contributed by atoms with Crippen LogP contribution in [0.25, 0.3) is 0 Å². The molecule has 150 valence electrons. The molecule has 6 heteroatoms. The standard InChI is InChI=1S/C22H29N3O3/c1-15(2)5-8-23-18-6-9-24-19(13-18)22(26)25-10-7-16-11-20(27-3)21(28-4)12-17(16)14-25/h6,9,11-13,15H,5,7-8,10,14H2,1-4H3,(H,23,24). The quantitative estimate of drug-likeness (QED) is 0.789. The Morgan fingerprint density at radius 1 is 1.18 bits per heavy atom. The predicted octanol–water partition coefficient (Wildman–Crippen LogP) is 3.76. The molecule has 0 bridgehead atoms. The largest absolute Gasteiger partial charge is 0.493 e. The number of nitrogens with zero attached hydrogens (tertiary/aromatic N) is 2. The third-order valence-electron chi connectivity index (χ3n) is 5.04. The first kappa shape index (κ1) is 20.0. The van der Waals surface area contributed by atoms with Gasteiger partial charge in [0.25, 0.3) is 5.91 Å². The summed E-state index contributed by atoms with van der Waals surface area (Å²) in [6.45, 7) is 6.48. The van der Waals surface area contributed by atoms with Crippen LogP contribution in [0.4, 0.5) is 5.69 Å². The number of hydrogen-bond acceptors (Lipinski definition) is 5. The molecule has 3 rings (SSSR count). The lowest BCUT2D eigenvalue weighted by Gasteiger charge is -2.29. The third-order valence-corrected chi connectivity index (χ3v) is 5.04. The first-order valence-electron chi connectivity index (χ1n) is 9.74. The Morgan fingerprint density at radius 3 is 2.57 bits per heavy atom. The van der Waals surface area contributed by atoms with Crippen molar-refractivity contribution >= 4 is 11.6 Å². The molecule has 0 aliphatic carbocycles. The van der Waals surface area contributed by atoms with Gasteiger partial charge >= 0.3 is 0 Å². The van der Waals surface area contributed by atoms with Crippen LogP contribution in [-0.2, 0) is 13.0 Å². The van der Waals surface area contributed by atoms with Gasteiger partial charge in [0.05, 0.1) is 14.2 Å². The molecule has 1 aromatic heterocycles. The van der Waals surface area contributed by atoms with Gasteiger partial charge in [-0.2, -0.15) is 0 Å². The van der Waals surface area contributed by atoms with Crippen molar-refractivity contribution in [3.05, 3.63) is 47.3 Å². The minimum absolute atomic E-state index is 0.0482. The molecule has 1 aliphatic heterocycles. The summed E-state index contributed by atoms with van der Waals surface area (Å²) in [4.78, 5) is 19.1. The van der Waals surface area contributed by atoms with Gasteiger partial charge in [0, 0.05) is 31.5 Å². The summed E-state index contributed by atoms with van der Waals surface area (Å²) in [6.07, 6.45) is 3.56. The van der Waals surface area contributed by atoms with E-state index in [4.69, 9.17) is 9.47 Å². The highest BCUT2D eigenvalue weighted by atomic mass is 16.5. The summed E-state index contributed by atoms with van der Waals surface area (Å²) >= 11 is 0. The van der Waals surface area contributed by atoms with Crippen LogP contribution in [-0.4, -0.2) is 43.1 Å². The average Bonchev–Trinajstić information content (AvgIpc) is 2.71. The van der Waals surface area contributed by atoms with E-state index < -0.39 is 0 Å². The van der Waals surface area contributed by atoms with E-state index in [1.807, 2.05) is 29.2 Å². The summed E-state index contributed by atoms with van der Waals surface area (Å²) < 4.78 is 10.8. The molecule has 28 heavy (non-hydrogen) atoms. The number of nitrogens with one attached hydrogen (secondary N) is 1. The van der Waals surface area contributed by atoms with Gasteiger partial charge in [-0.15, -0.1) is 0 Å². The number of pyridine rings is 1. The summed E-state index contributed by atoms with van der Waals surface area (Å²) in [5, 5.41) is 3.38. The zero-order valence-corrected chi connectivity index (χ0v) is 17.1. The Balaban J connectivity index is 1.72. The van der Waals surface area contributed by atoms with Crippen molar-refractivity contribution in [3.63, 3.8) is 0 Å². The molecule has 1 N–H and O–H groups in total. The molecule has 0 atom stereocenters. The number of carbonyl (C=O) groups is 1. The van der Waals surface area contributed by atoms with Crippen LogP contribution < -0.4 is 14.8 Å². The van der Waals surface area contributed by atoms with Gasteiger partial charge in [0.2, 0.25) is 0 Å². The Bertz CT molecular complexity index is 836. The molecule has 0 saturated carbocycles. The number of anilines is 1. The van der Waals surface area contributed by atoms with Crippen LogP contribution >= 0.6 is 0 Å². The molecule has 0 fully saturated rings. The van der Waals surface area contributed by atoms with Crippen molar-refractivity contribution < 1.29 is 14.3 Å². The van der Waals surface area contributed by atoms with Crippen molar-refractivity contribution in [2.24, 2.45) is 5.92 Å². The molecule has 2 aromatic rings. The first-order chi connectivity index (χ1) is 13.5. The minimum Gasteiger partial charge on any atom is -0.493 e. The highest BCUT2D eigenvalue weighted by Crippen LogP contribution is 2.33. The molecule has 0 radical (unpaired) electrons. The van der Waals surface area contributed by atoms with E-state index >= 15 is 0 Å². The zero-order valence-electron chi connectivity index (χ0n) is 17.1. The lowest BCUT2D eigenvalue weighted by atomic mass is 9.98. The normalized spacial score (nSPS) is 13.2. The minimum atomic E-state index is -0.0482. The van der Waals surface area contributed by atoms with Crippen molar-refractivity contribution in [2.45, 2.75) is 33.2 Å². The van der Waals surface area contributed by atoms with Crippen LogP contribution in [0.5, 0.6) is 11.5 Å². The number of ether oxygens (including phenoxy) is 2. The molecule has 0 spiro atoms. The second kappa shape index (κ2) is 8.95. The summed E-state index contributed by atoms with van der Waals surface area (Å²) in [6, 6.07) is 7.71. The van der Waals surface area contributed by atoms with Gasteiger partial charge in [0.15, 0.2) is 11.5 Å². The topological polar surface area (TPSA) is 63.7 Å². The fourth-order valence-corrected chi connectivity index (χ4v) is 3.38. The molecule has 1 amide bonds. The third kappa shape index (κ3) is 4.55. The van der Waals surface area contributed by atoms with Crippen molar-refractivity contribution in [2.75, 3.05) is 32.6 Å². The van der Waals surface area contributed by atoms with E-state index in [9.17, 15) is 4.79 Å². The SMILES string of the molecule is COc1cc2c(cc1OC)CN(C(=O)c1cc(NCCC(C)C)ccn1)CC2. The maximum atomic E-state index is 13.0. The Morgan fingerprint density at radius 2 is 1.89 bits per heavy atom. The number of benzene rings is 1. The average molecular weight is 383 g/mol. The van der Waals surface area contributed by atoms with Gasteiger partial charge in [-0.1, -0.05) is 13.8 Å². The Kier molecular flexibility index (Phi) is 6.39. The van der Waals surface area contributed by atoms with Gasteiger partial charge in [-0.25, -0.2) is 0 Å². The van der Waals surface area contributed by atoms with E-state index in [1.54, 1.807) is 20.4 Å². The summed E-state index contributed by atoms with van der Waals surface area (Å²) in [5.74, 6) is 2.00. The number of fused-ring (bicyclic) bond motifs is 1. The maximum Gasteiger partial charge on any atom is 0.272 e. The Labute approximate surface area is 166 Å². The Hall–Kier alpha value is -2.76. The first-order valence-corrected chi connectivity index (χ1v) is 9.74. The van der Waals surface area contributed by atoms with E-state index in [0.29, 0.717) is 30.5 Å². The lowest BCUT2D eigenvalue weighted by Crippen LogP contribution is -2.36. The fourth-order valence-electron chi connectivity index (χ4n) is 3.38. The van der Waals surface area contributed by atoms with Gasteiger partial charge in [-0.05, 0) is 54.2 Å². The van der Waals surface area contributed by atoms with Crippen molar-refractivity contribution in [1.82, 2.24) is 9.88 Å². The highest BCUT2D eigenvalue weighted by Gasteiger charge is 2.24. The zero-order chi connectivity index (χ0) is 20.1. The number of methoxy groups -OCH3 is 2. The van der Waals surface area contributed by atoms with Crippen molar-refractivity contribution in [3.8, 4) is 11.5 Å². The molecular formula is C22H29N3O3. The van der Waals surface area contributed by atoms with Crippen LogP contribution in [0.2, 0.25) is 0 Å². The number of hydrogen-bond donors (Lipinski definition) is 1. The number of carbonyl (C=O) groups excluding carboxylic acids is 1. The van der Waals surface area contributed by atoms with Gasteiger partial charge in [0.1, 0.15) is 5.69 Å². The van der Waals surface area contributed by atoms with Crippen LogP contribution in [0.1, 0.15) is 41.9 Å².